The van der Waals surface area contributed by atoms with Crippen molar-refractivity contribution in [3.05, 3.63) is 54.6 Å². The predicted molar refractivity (Wildman–Crippen MR) is 71.3 cm³/mol. The Balaban J connectivity index is 2.31. The second kappa shape index (κ2) is 4.17. The largest absolute Gasteiger partial charge is 0.269 e. The Kier molecular flexibility index (Phi) is 2.60. The minimum Gasteiger partial charge on any atom is -0.244 e. The Hall–Kier alpha value is -2.21. The van der Waals surface area contributed by atoms with Crippen LogP contribution in [-0.2, 0) is 10.0 Å². The Morgan fingerprint density at radius 2 is 1.89 bits per heavy atom. The number of hydrogen-bond donors (Lipinski definition) is 0. The van der Waals surface area contributed by atoms with E-state index in [0.29, 0.717) is 5.65 Å². The maximum atomic E-state index is 12.6. The van der Waals surface area contributed by atoms with Gasteiger partial charge in [0.1, 0.15) is 6.33 Å². The normalized spacial score (nSPS) is 11.8. The molecule has 0 aliphatic carbocycles. The van der Waals surface area contributed by atoms with Crippen molar-refractivity contribution in [2.45, 2.75) is 11.8 Å². The third-order valence-electron chi connectivity index (χ3n) is 2.94. The first kappa shape index (κ1) is 11.9. The second-order valence-electron chi connectivity index (χ2n) is 4.19. The average molecular weight is 273 g/mol. The van der Waals surface area contributed by atoms with Gasteiger partial charge in [-0.25, -0.2) is 22.4 Å². The number of rotatable bonds is 2. The first-order chi connectivity index (χ1) is 9.10. The highest BCUT2D eigenvalue weighted by Gasteiger charge is 2.20. The Bertz CT molecular complexity index is 839. The molecule has 0 N–H and O–H groups in total. The Morgan fingerprint density at radius 1 is 1.16 bits per heavy atom. The average Bonchev–Trinajstić information content (AvgIpc) is 2.79. The van der Waals surface area contributed by atoms with Crippen LogP contribution in [0.3, 0.4) is 0 Å². The summed E-state index contributed by atoms with van der Waals surface area (Å²) in [5.74, 6) is 0. The van der Waals surface area contributed by atoms with Crippen molar-refractivity contribution in [3.63, 3.8) is 0 Å². The first-order valence-corrected chi connectivity index (χ1v) is 7.13. The van der Waals surface area contributed by atoms with Crippen molar-refractivity contribution >= 4 is 21.1 Å². The molecule has 3 aromatic rings. The van der Waals surface area contributed by atoms with E-state index in [2.05, 4.69) is 9.97 Å². The van der Waals surface area contributed by atoms with Gasteiger partial charge in [-0.3, -0.25) is 0 Å². The van der Waals surface area contributed by atoms with E-state index >= 15 is 0 Å². The summed E-state index contributed by atoms with van der Waals surface area (Å²) in [6.45, 7) is 1.84. The van der Waals surface area contributed by atoms with Gasteiger partial charge in [-0.15, -0.1) is 0 Å². The predicted octanol–water partition coefficient (Wildman–Crippen LogP) is 1.98. The molecule has 0 aliphatic heterocycles. The summed E-state index contributed by atoms with van der Waals surface area (Å²) < 4.78 is 26.3. The van der Waals surface area contributed by atoms with E-state index in [-0.39, 0.29) is 4.90 Å². The van der Waals surface area contributed by atoms with Crippen molar-refractivity contribution < 1.29 is 8.42 Å². The van der Waals surface area contributed by atoms with Gasteiger partial charge in [-0.05, 0) is 24.6 Å². The highest BCUT2D eigenvalue weighted by atomic mass is 32.2. The molecule has 0 bridgehead atoms. The van der Waals surface area contributed by atoms with E-state index in [9.17, 15) is 8.42 Å². The lowest BCUT2D eigenvalue weighted by Gasteiger charge is -2.06. The molecular weight excluding hydrogens is 262 g/mol. The van der Waals surface area contributed by atoms with Gasteiger partial charge >= 0.3 is 0 Å². The zero-order valence-electron chi connectivity index (χ0n) is 10.2. The van der Waals surface area contributed by atoms with Crippen LogP contribution in [-0.4, -0.2) is 22.4 Å². The molecule has 3 rings (SSSR count). The van der Waals surface area contributed by atoms with Gasteiger partial charge in [-0.2, -0.15) is 0 Å². The zero-order chi connectivity index (χ0) is 13.5. The van der Waals surface area contributed by atoms with E-state index in [4.69, 9.17) is 0 Å². The van der Waals surface area contributed by atoms with Crippen molar-refractivity contribution in [1.82, 2.24) is 13.9 Å². The molecule has 5 nitrogen and oxygen atoms in total. The minimum atomic E-state index is -3.62. The molecule has 1 aromatic carbocycles. The van der Waals surface area contributed by atoms with Crippen LogP contribution in [0, 0.1) is 6.92 Å². The van der Waals surface area contributed by atoms with Crippen molar-refractivity contribution in [1.29, 1.82) is 0 Å². The van der Waals surface area contributed by atoms with Gasteiger partial charge in [0.15, 0.2) is 5.65 Å². The smallest absolute Gasteiger partial charge is 0.244 e. The van der Waals surface area contributed by atoms with Crippen molar-refractivity contribution in [3.8, 4) is 0 Å². The third-order valence-corrected chi connectivity index (χ3v) is 4.60. The first-order valence-electron chi connectivity index (χ1n) is 5.69. The Morgan fingerprint density at radius 3 is 2.63 bits per heavy atom. The SMILES string of the molecule is Cc1cn(S(=O)(=O)c2ccccc2)c2ncncc12. The zero-order valence-corrected chi connectivity index (χ0v) is 11.0. The molecule has 0 unspecified atom stereocenters. The number of aryl methyl sites for hydroxylation is 1. The van der Waals surface area contributed by atoms with Crippen LogP contribution in [0.4, 0.5) is 0 Å². The number of hydrogen-bond acceptors (Lipinski definition) is 4. The number of benzene rings is 1. The molecule has 6 heteroatoms. The number of nitrogens with zero attached hydrogens (tertiary/aromatic N) is 3. The van der Waals surface area contributed by atoms with Gasteiger partial charge in [0.2, 0.25) is 0 Å². The monoisotopic (exact) mass is 273 g/mol. The van der Waals surface area contributed by atoms with E-state index in [1.807, 2.05) is 6.92 Å². The summed E-state index contributed by atoms with van der Waals surface area (Å²) in [6.07, 6.45) is 4.54. The topological polar surface area (TPSA) is 64.8 Å². The lowest BCUT2D eigenvalue weighted by molar-refractivity contribution is 0.588. The van der Waals surface area contributed by atoms with E-state index < -0.39 is 10.0 Å². The van der Waals surface area contributed by atoms with Gasteiger partial charge in [-0.1, -0.05) is 18.2 Å². The lowest BCUT2D eigenvalue weighted by atomic mass is 10.3. The fourth-order valence-corrected chi connectivity index (χ4v) is 3.37. The Labute approximate surface area is 110 Å². The molecule has 0 amide bonds. The molecule has 0 spiro atoms. The summed E-state index contributed by atoms with van der Waals surface area (Å²) in [6, 6.07) is 8.30. The van der Waals surface area contributed by atoms with Crippen LogP contribution < -0.4 is 0 Å². The highest BCUT2D eigenvalue weighted by Crippen LogP contribution is 2.22. The highest BCUT2D eigenvalue weighted by molar-refractivity contribution is 7.90. The fourth-order valence-electron chi connectivity index (χ4n) is 1.97. The number of fused-ring (bicyclic) bond motifs is 1. The summed E-state index contributed by atoms with van der Waals surface area (Å²) >= 11 is 0. The lowest BCUT2D eigenvalue weighted by Crippen LogP contribution is -2.12. The minimum absolute atomic E-state index is 0.241. The van der Waals surface area contributed by atoms with E-state index in [1.165, 1.54) is 10.3 Å². The standard InChI is InChI=1S/C13H11N3O2S/c1-10-8-16(13-12(10)7-14-9-15-13)19(17,18)11-5-3-2-4-6-11/h2-9H,1H3. The maximum absolute atomic E-state index is 12.6. The summed E-state index contributed by atoms with van der Waals surface area (Å²) in [5, 5.41) is 0.738. The molecule has 0 aliphatic rings. The molecule has 19 heavy (non-hydrogen) atoms. The molecule has 2 heterocycles. The van der Waals surface area contributed by atoms with Crippen LogP contribution in [0.5, 0.6) is 0 Å². The fraction of sp³-hybridized carbons (Fsp3) is 0.0769. The summed E-state index contributed by atoms with van der Waals surface area (Å²) in [4.78, 5) is 8.23. The summed E-state index contributed by atoms with van der Waals surface area (Å²) in [7, 11) is -3.62. The number of aromatic nitrogens is 3. The van der Waals surface area contributed by atoms with Gasteiger partial charge in [0.05, 0.1) is 4.90 Å². The van der Waals surface area contributed by atoms with Crippen LogP contribution >= 0.6 is 0 Å². The van der Waals surface area contributed by atoms with E-state index in [1.54, 1.807) is 42.7 Å². The third kappa shape index (κ3) is 1.80. The van der Waals surface area contributed by atoms with Gasteiger partial charge in [0, 0.05) is 17.8 Å². The van der Waals surface area contributed by atoms with Gasteiger partial charge in [0.25, 0.3) is 10.0 Å². The van der Waals surface area contributed by atoms with Gasteiger partial charge < -0.3 is 0 Å². The molecule has 96 valence electrons. The van der Waals surface area contributed by atoms with Crippen LogP contribution in [0.2, 0.25) is 0 Å². The molecule has 0 saturated heterocycles. The quantitative estimate of drug-likeness (QED) is 0.716. The van der Waals surface area contributed by atoms with E-state index in [0.717, 1.165) is 10.9 Å². The summed E-state index contributed by atoms with van der Waals surface area (Å²) in [5.41, 5.74) is 1.23. The van der Waals surface area contributed by atoms with Crippen molar-refractivity contribution in [2.24, 2.45) is 0 Å². The molecule has 0 radical (unpaired) electrons. The second-order valence-corrected chi connectivity index (χ2v) is 6.00. The molecular formula is C13H11N3O2S. The molecule has 0 fully saturated rings. The maximum Gasteiger partial charge on any atom is 0.269 e. The molecule has 2 aromatic heterocycles. The van der Waals surface area contributed by atoms with Crippen LogP contribution in [0.15, 0.2) is 53.9 Å². The van der Waals surface area contributed by atoms with Crippen molar-refractivity contribution in [2.75, 3.05) is 0 Å². The van der Waals surface area contributed by atoms with Crippen LogP contribution in [0.1, 0.15) is 5.56 Å². The molecule has 0 atom stereocenters. The van der Waals surface area contributed by atoms with Crippen LogP contribution in [0.25, 0.3) is 11.0 Å². The molecule has 0 saturated carbocycles.